The van der Waals surface area contributed by atoms with E-state index in [0.29, 0.717) is 11.5 Å². The van der Waals surface area contributed by atoms with Gasteiger partial charge in [0, 0.05) is 6.04 Å². The quantitative estimate of drug-likeness (QED) is 0.789. The number of rotatable bonds is 2. The highest BCUT2D eigenvalue weighted by Crippen LogP contribution is 2.41. The minimum Gasteiger partial charge on any atom is -0.297 e. The zero-order valence-electron chi connectivity index (χ0n) is 11.4. The van der Waals surface area contributed by atoms with E-state index in [1.54, 1.807) is 0 Å². The fourth-order valence-electron chi connectivity index (χ4n) is 3.75. The van der Waals surface area contributed by atoms with Gasteiger partial charge in [0.1, 0.15) is 5.54 Å². The summed E-state index contributed by atoms with van der Waals surface area (Å²) >= 11 is 0. The molecule has 2 nitrogen and oxygen atoms in total. The lowest BCUT2D eigenvalue weighted by atomic mass is 9.68. The first-order valence-corrected chi connectivity index (χ1v) is 7.24. The van der Waals surface area contributed by atoms with Crippen LogP contribution < -0.4 is 5.32 Å². The Morgan fingerprint density at radius 2 is 1.76 bits per heavy atom. The summed E-state index contributed by atoms with van der Waals surface area (Å²) in [6.07, 6.45) is 11.1. The molecule has 2 rings (SSSR count). The highest BCUT2D eigenvalue weighted by molar-refractivity contribution is 5.12. The SMILES string of the molecule is CC1(C)CCCC(C#N)(NC2CCCCC2)C1. The minimum atomic E-state index is -0.232. The van der Waals surface area contributed by atoms with Crippen LogP contribution in [0.3, 0.4) is 0 Å². The van der Waals surface area contributed by atoms with Crippen LogP contribution in [0.2, 0.25) is 0 Å². The first-order chi connectivity index (χ1) is 8.05. The van der Waals surface area contributed by atoms with Crippen LogP contribution in [0.4, 0.5) is 0 Å². The van der Waals surface area contributed by atoms with Gasteiger partial charge in [0.25, 0.3) is 0 Å². The minimum absolute atomic E-state index is 0.232. The van der Waals surface area contributed by atoms with Crippen molar-refractivity contribution in [3.05, 3.63) is 0 Å². The summed E-state index contributed by atoms with van der Waals surface area (Å²) in [5, 5.41) is 13.3. The van der Waals surface area contributed by atoms with Gasteiger partial charge in [-0.15, -0.1) is 0 Å². The summed E-state index contributed by atoms with van der Waals surface area (Å²) < 4.78 is 0. The fourth-order valence-corrected chi connectivity index (χ4v) is 3.75. The van der Waals surface area contributed by atoms with Gasteiger partial charge < -0.3 is 0 Å². The summed E-state index contributed by atoms with van der Waals surface area (Å²) in [4.78, 5) is 0. The van der Waals surface area contributed by atoms with Crippen LogP contribution in [-0.4, -0.2) is 11.6 Å². The maximum absolute atomic E-state index is 9.59. The Hall–Kier alpha value is -0.550. The molecule has 2 aliphatic rings. The molecule has 0 heterocycles. The maximum atomic E-state index is 9.59. The van der Waals surface area contributed by atoms with E-state index in [1.165, 1.54) is 44.9 Å². The summed E-state index contributed by atoms with van der Waals surface area (Å²) in [5.41, 5.74) is 0.0966. The highest BCUT2D eigenvalue weighted by Gasteiger charge is 2.41. The summed E-state index contributed by atoms with van der Waals surface area (Å²) in [6, 6.07) is 3.20. The molecule has 1 N–H and O–H groups in total. The molecule has 96 valence electrons. The van der Waals surface area contributed by atoms with E-state index < -0.39 is 0 Å². The molecule has 0 saturated heterocycles. The van der Waals surface area contributed by atoms with E-state index in [1.807, 2.05) is 0 Å². The van der Waals surface area contributed by atoms with Crippen molar-refractivity contribution in [2.75, 3.05) is 0 Å². The van der Waals surface area contributed by atoms with Gasteiger partial charge in [0.05, 0.1) is 6.07 Å². The lowest BCUT2D eigenvalue weighted by Gasteiger charge is -2.43. The topological polar surface area (TPSA) is 35.8 Å². The summed E-state index contributed by atoms with van der Waals surface area (Å²) in [7, 11) is 0. The van der Waals surface area contributed by atoms with Crippen LogP contribution >= 0.6 is 0 Å². The van der Waals surface area contributed by atoms with Crippen molar-refractivity contribution in [1.82, 2.24) is 5.32 Å². The Bertz CT molecular complexity index is 297. The number of nitriles is 1. The molecule has 1 unspecified atom stereocenters. The van der Waals surface area contributed by atoms with Gasteiger partial charge in [0.15, 0.2) is 0 Å². The van der Waals surface area contributed by atoms with Crippen LogP contribution in [-0.2, 0) is 0 Å². The number of nitrogens with zero attached hydrogens (tertiary/aromatic N) is 1. The normalized spacial score (nSPS) is 34.2. The number of nitrogens with one attached hydrogen (secondary N) is 1. The van der Waals surface area contributed by atoms with Gasteiger partial charge in [-0.2, -0.15) is 5.26 Å². The van der Waals surface area contributed by atoms with E-state index in [2.05, 4.69) is 25.2 Å². The Balaban J connectivity index is 2.01. The Morgan fingerprint density at radius 3 is 2.35 bits per heavy atom. The molecule has 0 bridgehead atoms. The van der Waals surface area contributed by atoms with Crippen molar-refractivity contribution in [3.63, 3.8) is 0 Å². The third kappa shape index (κ3) is 3.22. The molecule has 2 aliphatic carbocycles. The van der Waals surface area contributed by atoms with Crippen LogP contribution in [0.5, 0.6) is 0 Å². The van der Waals surface area contributed by atoms with E-state index in [4.69, 9.17) is 0 Å². The molecule has 0 spiro atoms. The van der Waals surface area contributed by atoms with E-state index in [-0.39, 0.29) is 5.54 Å². The molecule has 2 heteroatoms. The van der Waals surface area contributed by atoms with E-state index in [0.717, 1.165) is 12.8 Å². The van der Waals surface area contributed by atoms with Crippen molar-refractivity contribution < 1.29 is 0 Å². The largest absolute Gasteiger partial charge is 0.297 e. The van der Waals surface area contributed by atoms with Crippen LogP contribution in [0.15, 0.2) is 0 Å². The van der Waals surface area contributed by atoms with Gasteiger partial charge in [-0.3, -0.25) is 5.32 Å². The molecule has 17 heavy (non-hydrogen) atoms. The van der Waals surface area contributed by atoms with Gasteiger partial charge in [-0.05, 0) is 37.5 Å². The highest BCUT2D eigenvalue weighted by atomic mass is 15.0. The third-order valence-corrected chi connectivity index (χ3v) is 4.54. The van der Waals surface area contributed by atoms with E-state index in [9.17, 15) is 5.26 Å². The molecule has 2 saturated carbocycles. The zero-order chi connectivity index (χ0) is 12.4. The van der Waals surface area contributed by atoms with Crippen LogP contribution in [0.25, 0.3) is 0 Å². The van der Waals surface area contributed by atoms with Crippen LogP contribution in [0.1, 0.15) is 71.6 Å². The fraction of sp³-hybridized carbons (Fsp3) is 0.933. The standard InChI is InChI=1S/C15H26N2/c1-14(2)9-6-10-15(11-14,12-16)17-13-7-4-3-5-8-13/h13,17H,3-11H2,1-2H3. The molecule has 0 aromatic heterocycles. The smallest absolute Gasteiger partial charge is 0.107 e. The second-order valence-electron chi connectivity index (χ2n) is 6.87. The van der Waals surface area contributed by atoms with E-state index >= 15 is 0 Å². The van der Waals surface area contributed by atoms with Crippen molar-refractivity contribution in [3.8, 4) is 6.07 Å². The van der Waals surface area contributed by atoms with Gasteiger partial charge >= 0.3 is 0 Å². The molecular weight excluding hydrogens is 208 g/mol. The van der Waals surface area contributed by atoms with Crippen molar-refractivity contribution in [1.29, 1.82) is 5.26 Å². The molecule has 0 aliphatic heterocycles. The van der Waals surface area contributed by atoms with Crippen molar-refractivity contribution in [2.45, 2.75) is 83.2 Å². The van der Waals surface area contributed by atoms with Gasteiger partial charge in [0.2, 0.25) is 0 Å². The van der Waals surface area contributed by atoms with Gasteiger partial charge in [-0.25, -0.2) is 0 Å². The monoisotopic (exact) mass is 234 g/mol. The molecule has 0 amide bonds. The first-order valence-electron chi connectivity index (χ1n) is 7.24. The molecule has 0 radical (unpaired) electrons. The third-order valence-electron chi connectivity index (χ3n) is 4.54. The Labute approximate surface area is 106 Å². The van der Waals surface area contributed by atoms with Crippen LogP contribution in [0, 0.1) is 16.7 Å². The lowest BCUT2D eigenvalue weighted by molar-refractivity contribution is 0.139. The predicted molar refractivity (Wildman–Crippen MR) is 70.6 cm³/mol. The van der Waals surface area contributed by atoms with Crippen molar-refractivity contribution in [2.24, 2.45) is 5.41 Å². The second kappa shape index (κ2) is 4.98. The Kier molecular flexibility index (Phi) is 3.78. The molecular formula is C15H26N2. The number of hydrogen-bond donors (Lipinski definition) is 1. The molecule has 2 fully saturated rings. The number of hydrogen-bond acceptors (Lipinski definition) is 2. The average Bonchev–Trinajstić information content (AvgIpc) is 2.29. The average molecular weight is 234 g/mol. The van der Waals surface area contributed by atoms with Crippen molar-refractivity contribution >= 4 is 0 Å². The molecule has 1 atom stereocenters. The first kappa shape index (κ1) is 12.9. The zero-order valence-corrected chi connectivity index (χ0v) is 11.4. The predicted octanol–water partition coefficient (Wildman–Crippen LogP) is 3.77. The molecule has 0 aromatic rings. The second-order valence-corrected chi connectivity index (χ2v) is 6.87. The van der Waals surface area contributed by atoms with Gasteiger partial charge in [-0.1, -0.05) is 39.5 Å². The Morgan fingerprint density at radius 1 is 1.06 bits per heavy atom. The summed E-state index contributed by atoms with van der Waals surface area (Å²) in [5.74, 6) is 0. The summed E-state index contributed by atoms with van der Waals surface area (Å²) in [6.45, 7) is 4.61. The molecule has 0 aromatic carbocycles. The lowest BCUT2D eigenvalue weighted by Crippen LogP contribution is -2.54. The maximum Gasteiger partial charge on any atom is 0.107 e.